The van der Waals surface area contributed by atoms with Crippen LogP contribution in [0.3, 0.4) is 0 Å². The van der Waals surface area contributed by atoms with Crippen molar-refractivity contribution in [1.29, 1.82) is 0 Å². The van der Waals surface area contributed by atoms with Crippen LogP contribution in [0.5, 0.6) is 0 Å². The fourth-order valence-corrected chi connectivity index (χ4v) is 2.78. The van der Waals surface area contributed by atoms with Gasteiger partial charge in [-0.1, -0.05) is 0 Å². The van der Waals surface area contributed by atoms with Gasteiger partial charge in [-0.2, -0.15) is 0 Å². The number of carbonyl (C=O) groups is 2. The summed E-state index contributed by atoms with van der Waals surface area (Å²) in [6.45, 7) is 0.0288. The number of nitrogens with one attached hydrogen (secondary N) is 2. The molecule has 1 heterocycles. The standard InChI is InChI=1S/C18H14F3N3O2/c19-10-3-1-9(2-4-10)15-12(5-6-23-18(26)17(22)25)13-7-11(20)8-14(21)16(13)24-15/h1-4,7-8,24H,5-6H2,(H2,22,25)(H,23,26). The van der Waals surface area contributed by atoms with E-state index in [0.29, 0.717) is 22.2 Å². The molecule has 26 heavy (non-hydrogen) atoms. The number of aromatic amines is 1. The third-order valence-corrected chi connectivity index (χ3v) is 3.95. The van der Waals surface area contributed by atoms with Gasteiger partial charge < -0.3 is 16.0 Å². The summed E-state index contributed by atoms with van der Waals surface area (Å²) in [5, 5.41) is 2.63. The topological polar surface area (TPSA) is 88.0 Å². The summed E-state index contributed by atoms with van der Waals surface area (Å²) in [6, 6.07) is 7.42. The van der Waals surface area contributed by atoms with Gasteiger partial charge in [0.05, 0.1) is 5.52 Å². The van der Waals surface area contributed by atoms with Gasteiger partial charge in [0.25, 0.3) is 0 Å². The number of carbonyl (C=O) groups excluding carboxylic acids is 2. The minimum atomic E-state index is -1.13. The number of halogens is 3. The van der Waals surface area contributed by atoms with Crippen molar-refractivity contribution >= 4 is 22.7 Å². The zero-order valence-corrected chi connectivity index (χ0v) is 13.4. The van der Waals surface area contributed by atoms with Crippen LogP contribution in [0, 0.1) is 17.5 Å². The number of hydrogen-bond acceptors (Lipinski definition) is 2. The van der Waals surface area contributed by atoms with E-state index in [-0.39, 0.29) is 18.5 Å². The van der Waals surface area contributed by atoms with Gasteiger partial charge in [-0.05, 0) is 47.9 Å². The van der Waals surface area contributed by atoms with Gasteiger partial charge in [0.2, 0.25) is 0 Å². The zero-order chi connectivity index (χ0) is 18.8. The molecular formula is C18H14F3N3O2. The third-order valence-electron chi connectivity index (χ3n) is 3.95. The van der Waals surface area contributed by atoms with E-state index in [9.17, 15) is 22.8 Å². The molecular weight excluding hydrogens is 347 g/mol. The molecule has 0 bridgehead atoms. The van der Waals surface area contributed by atoms with Crippen LogP contribution in [0.25, 0.3) is 22.2 Å². The van der Waals surface area contributed by atoms with Gasteiger partial charge in [-0.15, -0.1) is 0 Å². The van der Waals surface area contributed by atoms with E-state index in [1.165, 1.54) is 30.3 Å². The number of amides is 2. The second-order valence-corrected chi connectivity index (χ2v) is 5.67. The Bertz CT molecular complexity index is 997. The van der Waals surface area contributed by atoms with Gasteiger partial charge >= 0.3 is 11.8 Å². The highest BCUT2D eigenvalue weighted by atomic mass is 19.1. The molecule has 0 aliphatic carbocycles. The van der Waals surface area contributed by atoms with Gasteiger partial charge in [0.1, 0.15) is 17.5 Å². The van der Waals surface area contributed by atoms with Crippen LogP contribution in [-0.2, 0) is 16.0 Å². The van der Waals surface area contributed by atoms with E-state index >= 15 is 0 Å². The van der Waals surface area contributed by atoms with Crippen LogP contribution in [0.2, 0.25) is 0 Å². The Balaban J connectivity index is 2.05. The highest BCUT2D eigenvalue weighted by Crippen LogP contribution is 2.32. The monoisotopic (exact) mass is 361 g/mol. The number of hydrogen-bond donors (Lipinski definition) is 3. The first-order valence-corrected chi connectivity index (χ1v) is 7.70. The van der Waals surface area contributed by atoms with Crippen LogP contribution >= 0.6 is 0 Å². The summed E-state index contributed by atoms with van der Waals surface area (Å²) in [4.78, 5) is 25.0. The van der Waals surface area contributed by atoms with Gasteiger partial charge in [0, 0.05) is 23.7 Å². The normalized spacial score (nSPS) is 10.9. The van der Waals surface area contributed by atoms with Crippen molar-refractivity contribution in [1.82, 2.24) is 10.3 Å². The Morgan fingerprint density at radius 3 is 2.38 bits per heavy atom. The maximum Gasteiger partial charge on any atom is 0.309 e. The van der Waals surface area contributed by atoms with Gasteiger partial charge in [-0.25, -0.2) is 13.2 Å². The lowest BCUT2D eigenvalue weighted by Crippen LogP contribution is -2.37. The molecule has 0 fully saturated rings. The van der Waals surface area contributed by atoms with Crippen molar-refractivity contribution in [2.45, 2.75) is 6.42 Å². The van der Waals surface area contributed by atoms with E-state index in [0.717, 1.165) is 6.07 Å². The predicted molar refractivity (Wildman–Crippen MR) is 89.5 cm³/mol. The molecule has 0 radical (unpaired) electrons. The minimum Gasteiger partial charge on any atom is -0.361 e. The lowest BCUT2D eigenvalue weighted by molar-refractivity contribution is -0.137. The number of nitrogens with two attached hydrogens (primary N) is 1. The largest absolute Gasteiger partial charge is 0.361 e. The van der Waals surface area contributed by atoms with E-state index in [1.54, 1.807) is 0 Å². The molecule has 3 rings (SSSR count). The molecule has 0 aliphatic heterocycles. The van der Waals surface area contributed by atoms with E-state index < -0.39 is 29.3 Å². The molecule has 4 N–H and O–H groups in total. The average Bonchev–Trinajstić information content (AvgIpc) is 2.94. The summed E-state index contributed by atoms with van der Waals surface area (Å²) in [5.41, 5.74) is 6.53. The summed E-state index contributed by atoms with van der Waals surface area (Å²) in [6.07, 6.45) is 0.175. The fraction of sp³-hybridized carbons (Fsp3) is 0.111. The molecule has 0 aliphatic rings. The maximum absolute atomic E-state index is 14.1. The first kappa shape index (κ1) is 17.5. The van der Waals surface area contributed by atoms with Gasteiger partial charge in [0.15, 0.2) is 0 Å². The lowest BCUT2D eigenvalue weighted by Gasteiger charge is -2.06. The molecule has 5 nitrogen and oxygen atoms in total. The first-order valence-electron chi connectivity index (χ1n) is 7.70. The summed E-state index contributed by atoms with van der Waals surface area (Å²) >= 11 is 0. The van der Waals surface area contributed by atoms with Crippen LogP contribution < -0.4 is 11.1 Å². The Kier molecular flexibility index (Phi) is 4.66. The molecule has 2 amide bonds. The van der Waals surface area contributed by atoms with E-state index in [4.69, 9.17) is 5.73 Å². The van der Waals surface area contributed by atoms with Crippen molar-refractivity contribution in [3.63, 3.8) is 0 Å². The number of aromatic nitrogens is 1. The lowest BCUT2D eigenvalue weighted by atomic mass is 10.0. The van der Waals surface area contributed by atoms with Crippen LogP contribution in [-0.4, -0.2) is 23.3 Å². The van der Waals surface area contributed by atoms with Crippen LogP contribution in [0.1, 0.15) is 5.56 Å². The molecule has 134 valence electrons. The predicted octanol–water partition coefficient (Wildman–Crippen LogP) is 2.40. The van der Waals surface area contributed by atoms with Gasteiger partial charge in [-0.3, -0.25) is 9.59 Å². The molecule has 1 aromatic heterocycles. The van der Waals surface area contributed by atoms with Crippen molar-refractivity contribution in [3.8, 4) is 11.3 Å². The Morgan fingerprint density at radius 1 is 1.04 bits per heavy atom. The van der Waals surface area contributed by atoms with Crippen molar-refractivity contribution in [2.24, 2.45) is 5.73 Å². The summed E-state index contributed by atoms with van der Waals surface area (Å²) in [7, 11) is 0. The average molecular weight is 361 g/mol. The Morgan fingerprint density at radius 2 is 1.73 bits per heavy atom. The maximum atomic E-state index is 14.1. The van der Waals surface area contributed by atoms with E-state index in [1.807, 2.05) is 0 Å². The molecule has 8 heteroatoms. The van der Waals surface area contributed by atoms with Crippen molar-refractivity contribution in [3.05, 3.63) is 59.4 Å². The van der Waals surface area contributed by atoms with Crippen LogP contribution in [0.15, 0.2) is 36.4 Å². The van der Waals surface area contributed by atoms with Crippen molar-refractivity contribution in [2.75, 3.05) is 6.54 Å². The van der Waals surface area contributed by atoms with Crippen LogP contribution in [0.4, 0.5) is 13.2 Å². The highest BCUT2D eigenvalue weighted by molar-refractivity contribution is 6.34. The van der Waals surface area contributed by atoms with Crippen molar-refractivity contribution < 1.29 is 22.8 Å². The first-order chi connectivity index (χ1) is 12.4. The molecule has 0 atom stereocenters. The smallest absolute Gasteiger partial charge is 0.309 e. The third kappa shape index (κ3) is 3.39. The molecule has 0 unspecified atom stereocenters. The number of primary amides is 1. The SMILES string of the molecule is NC(=O)C(=O)NCCc1c(-c2ccc(F)cc2)[nH]c2c(F)cc(F)cc12. The molecule has 2 aromatic carbocycles. The molecule has 0 spiro atoms. The fourth-order valence-electron chi connectivity index (χ4n) is 2.78. The molecule has 0 saturated carbocycles. The summed E-state index contributed by atoms with van der Waals surface area (Å²) < 4.78 is 41.0. The number of benzene rings is 2. The zero-order valence-electron chi connectivity index (χ0n) is 13.4. The minimum absolute atomic E-state index is 0.0288. The molecule has 0 saturated heterocycles. The highest BCUT2D eigenvalue weighted by Gasteiger charge is 2.18. The number of H-pyrrole nitrogens is 1. The Hall–Kier alpha value is -3.29. The number of rotatable bonds is 4. The number of fused-ring (bicyclic) bond motifs is 1. The molecule has 3 aromatic rings. The second kappa shape index (κ2) is 6.91. The summed E-state index contributed by atoms with van der Waals surface area (Å²) in [5.74, 6) is -4.03. The Labute approximate surface area is 146 Å². The van der Waals surface area contributed by atoms with E-state index in [2.05, 4.69) is 10.3 Å². The second-order valence-electron chi connectivity index (χ2n) is 5.67. The quantitative estimate of drug-likeness (QED) is 0.623.